The quantitative estimate of drug-likeness (QED) is 0.773. The van der Waals surface area contributed by atoms with Gasteiger partial charge in [-0.1, -0.05) is 26.7 Å². The highest BCUT2D eigenvalue weighted by Crippen LogP contribution is 2.67. The second kappa shape index (κ2) is 4.29. The third-order valence-corrected chi connectivity index (χ3v) is 4.58. The van der Waals surface area contributed by atoms with E-state index >= 15 is 0 Å². The van der Waals surface area contributed by atoms with Crippen LogP contribution >= 0.6 is 0 Å². The number of halogens is 2. The summed E-state index contributed by atoms with van der Waals surface area (Å²) in [4.78, 5) is 0. The number of hydrogen-bond donors (Lipinski definition) is 0. The van der Waals surface area contributed by atoms with Gasteiger partial charge in [-0.3, -0.25) is 4.68 Å². The summed E-state index contributed by atoms with van der Waals surface area (Å²) in [5, 5.41) is 4.55. The first-order chi connectivity index (χ1) is 9.02. The van der Waals surface area contributed by atoms with Gasteiger partial charge in [0.15, 0.2) is 0 Å². The Morgan fingerprint density at radius 1 is 1.37 bits per heavy atom. The standard InChI is InChI=1S/C15H22F2N2/c1-4-6-9(3)19-14-13(12(18-19)7-5-2)10-8-11(10)15(14,16)17/h9-11H,4-8H2,1-3H3. The molecule has 0 spiro atoms. The van der Waals surface area contributed by atoms with Gasteiger partial charge in [0, 0.05) is 17.5 Å². The van der Waals surface area contributed by atoms with E-state index in [0.717, 1.165) is 36.9 Å². The first-order valence-corrected chi connectivity index (χ1v) is 7.51. The number of aryl methyl sites for hydroxylation is 1. The summed E-state index contributed by atoms with van der Waals surface area (Å²) in [6, 6.07) is 0.0766. The fourth-order valence-electron chi connectivity index (χ4n) is 3.59. The predicted molar refractivity (Wildman–Crippen MR) is 70.6 cm³/mol. The Morgan fingerprint density at radius 3 is 2.74 bits per heavy atom. The van der Waals surface area contributed by atoms with E-state index in [0.29, 0.717) is 6.42 Å². The van der Waals surface area contributed by atoms with E-state index in [1.54, 1.807) is 4.68 Å². The second-order valence-electron chi connectivity index (χ2n) is 6.11. The van der Waals surface area contributed by atoms with E-state index in [-0.39, 0.29) is 17.7 Å². The first-order valence-electron chi connectivity index (χ1n) is 7.51. The van der Waals surface area contributed by atoms with Crippen LogP contribution in [0, 0.1) is 5.92 Å². The monoisotopic (exact) mass is 268 g/mol. The van der Waals surface area contributed by atoms with Crippen LogP contribution in [0.3, 0.4) is 0 Å². The van der Waals surface area contributed by atoms with Crippen molar-refractivity contribution in [3.63, 3.8) is 0 Å². The molecular formula is C15H22F2N2. The molecule has 0 aromatic carbocycles. The maximum atomic E-state index is 14.4. The smallest absolute Gasteiger partial charge is 0.260 e. The molecule has 2 aliphatic rings. The zero-order valence-corrected chi connectivity index (χ0v) is 11.9. The summed E-state index contributed by atoms with van der Waals surface area (Å²) in [6.45, 7) is 6.17. The zero-order chi connectivity index (χ0) is 13.8. The second-order valence-corrected chi connectivity index (χ2v) is 6.11. The molecule has 3 unspecified atom stereocenters. The highest BCUT2D eigenvalue weighted by atomic mass is 19.3. The Hall–Kier alpha value is -0.930. The molecule has 0 bridgehead atoms. The molecular weight excluding hydrogens is 246 g/mol. The third kappa shape index (κ3) is 1.75. The Labute approximate surface area is 113 Å². The minimum absolute atomic E-state index is 0.0766. The van der Waals surface area contributed by atoms with Gasteiger partial charge in [0.25, 0.3) is 5.92 Å². The van der Waals surface area contributed by atoms with E-state index < -0.39 is 11.8 Å². The van der Waals surface area contributed by atoms with Crippen molar-refractivity contribution in [1.82, 2.24) is 9.78 Å². The molecule has 1 aromatic heterocycles. The van der Waals surface area contributed by atoms with Gasteiger partial charge in [-0.25, -0.2) is 0 Å². The molecule has 19 heavy (non-hydrogen) atoms. The van der Waals surface area contributed by atoms with Gasteiger partial charge in [0.1, 0.15) is 5.69 Å². The summed E-state index contributed by atoms with van der Waals surface area (Å²) in [5.41, 5.74) is 2.09. The van der Waals surface area contributed by atoms with Crippen LogP contribution in [0.4, 0.5) is 8.78 Å². The molecule has 3 atom stereocenters. The number of nitrogens with zero attached hydrogens (tertiary/aromatic N) is 2. The number of alkyl halides is 2. The molecule has 2 aliphatic carbocycles. The third-order valence-electron chi connectivity index (χ3n) is 4.58. The largest absolute Gasteiger partial charge is 0.293 e. The van der Waals surface area contributed by atoms with Crippen molar-refractivity contribution in [1.29, 1.82) is 0 Å². The van der Waals surface area contributed by atoms with Gasteiger partial charge in [0.05, 0.1) is 5.69 Å². The Kier molecular flexibility index (Phi) is 2.95. The van der Waals surface area contributed by atoms with E-state index in [4.69, 9.17) is 0 Å². The molecule has 0 aliphatic heterocycles. The minimum atomic E-state index is -2.65. The van der Waals surface area contributed by atoms with Crippen LogP contribution in [0.5, 0.6) is 0 Å². The zero-order valence-electron chi connectivity index (χ0n) is 11.9. The SMILES string of the molecule is CCCc1nn(C(C)CCC)c2c1C1CC1C2(F)F. The van der Waals surface area contributed by atoms with Crippen molar-refractivity contribution >= 4 is 0 Å². The molecule has 4 heteroatoms. The van der Waals surface area contributed by atoms with Crippen LogP contribution < -0.4 is 0 Å². The van der Waals surface area contributed by atoms with Gasteiger partial charge < -0.3 is 0 Å². The highest BCUT2D eigenvalue weighted by molar-refractivity contribution is 5.46. The van der Waals surface area contributed by atoms with E-state index in [1.807, 2.05) is 6.92 Å². The van der Waals surface area contributed by atoms with Crippen molar-refractivity contribution in [3.05, 3.63) is 17.0 Å². The predicted octanol–water partition coefficient (Wildman–Crippen LogP) is 4.41. The lowest BCUT2D eigenvalue weighted by Gasteiger charge is -2.19. The normalized spacial score (nSPS) is 28.1. The number of hydrogen-bond acceptors (Lipinski definition) is 1. The van der Waals surface area contributed by atoms with Crippen LogP contribution in [-0.4, -0.2) is 9.78 Å². The maximum Gasteiger partial charge on any atom is 0.293 e. The summed E-state index contributed by atoms with van der Waals surface area (Å²) in [7, 11) is 0. The Bertz CT molecular complexity index is 493. The lowest BCUT2D eigenvalue weighted by molar-refractivity contribution is -0.0322. The molecule has 2 nitrogen and oxygen atoms in total. The molecule has 3 rings (SSSR count). The number of rotatable bonds is 5. The van der Waals surface area contributed by atoms with Crippen LogP contribution in [0.15, 0.2) is 0 Å². The summed E-state index contributed by atoms with van der Waals surface area (Å²) >= 11 is 0. The summed E-state index contributed by atoms with van der Waals surface area (Å²) < 4.78 is 30.5. The van der Waals surface area contributed by atoms with Crippen LogP contribution in [0.2, 0.25) is 0 Å². The van der Waals surface area contributed by atoms with Gasteiger partial charge in [-0.15, -0.1) is 0 Å². The average molecular weight is 268 g/mol. The van der Waals surface area contributed by atoms with Crippen molar-refractivity contribution in [2.24, 2.45) is 5.92 Å². The highest BCUT2D eigenvalue weighted by Gasteiger charge is 2.66. The Morgan fingerprint density at radius 2 is 2.11 bits per heavy atom. The molecule has 1 heterocycles. The lowest BCUT2D eigenvalue weighted by atomic mass is 10.1. The molecule has 106 valence electrons. The Balaban J connectivity index is 2.07. The van der Waals surface area contributed by atoms with Crippen LogP contribution in [0.1, 0.15) is 75.4 Å². The topological polar surface area (TPSA) is 17.8 Å². The van der Waals surface area contributed by atoms with E-state index in [1.165, 1.54) is 0 Å². The molecule has 0 amide bonds. The van der Waals surface area contributed by atoms with Crippen LogP contribution in [-0.2, 0) is 12.3 Å². The lowest BCUT2D eigenvalue weighted by Crippen LogP contribution is -2.22. The number of aromatic nitrogens is 2. The first kappa shape index (κ1) is 13.1. The minimum Gasteiger partial charge on any atom is -0.260 e. The molecule has 1 fully saturated rings. The fraction of sp³-hybridized carbons (Fsp3) is 0.800. The summed E-state index contributed by atoms with van der Waals surface area (Å²) in [5.74, 6) is -2.99. The van der Waals surface area contributed by atoms with Gasteiger partial charge in [-0.05, 0) is 32.1 Å². The van der Waals surface area contributed by atoms with Crippen LogP contribution in [0.25, 0.3) is 0 Å². The molecule has 0 saturated heterocycles. The van der Waals surface area contributed by atoms with E-state index in [9.17, 15) is 8.78 Å². The number of fused-ring (bicyclic) bond motifs is 3. The van der Waals surface area contributed by atoms with Crippen molar-refractivity contribution in [2.75, 3.05) is 0 Å². The maximum absolute atomic E-state index is 14.4. The fourth-order valence-corrected chi connectivity index (χ4v) is 3.59. The van der Waals surface area contributed by atoms with Gasteiger partial charge >= 0.3 is 0 Å². The van der Waals surface area contributed by atoms with E-state index in [2.05, 4.69) is 18.9 Å². The molecule has 1 aromatic rings. The molecule has 0 N–H and O–H groups in total. The average Bonchev–Trinajstić information content (AvgIpc) is 3.00. The van der Waals surface area contributed by atoms with Gasteiger partial charge in [0.2, 0.25) is 0 Å². The van der Waals surface area contributed by atoms with Gasteiger partial charge in [-0.2, -0.15) is 13.9 Å². The summed E-state index contributed by atoms with van der Waals surface area (Å²) in [6.07, 6.45) is 4.36. The molecule has 0 radical (unpaired) electrons. The van der Waals surface area contributed by atoms with Crippen molar-refractivity contribution in [2.45, 2.75) is 70.8 Å². The molecule has 1 saturated carbocycles. The van der Waals surface area contributed by atoms with Crippen molar-refractivity contribution < 1.29 is 8.78 Å². The van der Waals surface area contributed by atoms with Crippen molar-refractivity contribution in [3.8, 4) is 0 Å².